The largest absolute Gasteiger partial charge is 0.494 e. The van der Waals surface area contributed by atoms with Gasteiger partial charge in [0.1, 0.15) is 10.0 Å². The van der Waals surface area contributed by atoms with Gasteiger partial charge in [0.2, 0.25) is 0 Å². The number of benzene rings is 1. The Morgan fingerprint density at radius 2 is 2.20 bits per heavy atom. The number of hydrogen-bond acceptors (Lipinski definition) is 5. The Hall–Kier alpha value is -1.53. The first kappa shape index (κ1) is 13.5. The summed E-state index contributed by atoms with van der Waals surface area (Å²) < 4.78 is 18.8. The van der Waals surface area contributed by atoms with Crippen LogP contribution in [0.15, 0.2) is 12.1 Å². The smallest absolute Gasteiger partial charge is 0.165 e. The minimum absolute atomic E-state index is 0.292. The van der Waals surface area contributed by atoms with Gasteiger partial charge in [0, 0.05) is 13.1 Å². The molecule has 0 fully saturated rings. The van der Waals surface area contributed by atoms with Crippen LogP contribution in [0, 0.1) is 12.7 Å². The summed E-state index contributed by atoms with van der Waals surface area (Å²) in [6.45, 7) is 4.42. The molecule has 4 nitrogen and oxygen atoms in total. The molecule has 20 heavy (non-hydrogen) atoms. The molecule has 0 amide bonds. The molecule has 1 aliphatic rings. The third-order valence-electron chi connectivity index (χ3n) is 3.49. The van der Waals surface area contributed by atoms with E-state index in [0.717, 1.165) is 41.6 Å². The molecule has 0 N–H and O–H groups in total. The lowest BCUT2D eigenvalue weighted by Gasteiger charge is -2.28. The van der Waals surface area contributed by atoms with E-state index in [9.17, 15) is 4.39 Å². The molecule has 0 atom stereocenters. The highest BCUT2D eigenvalue weighted by Crippen LogP contribution is 2.27. The fourth-order valence-electron chi connectivity index (χ4n) is 2.50. The first-order valence-corrected chi connectivity index (χ1v) is 7.34. The summed E-state index contributed by atoms with van der Waals surface area (Å²) in [5.74, 6) is 0.0387. The maximum Gasteiger partial charge on any atom is 0.165 e. The van der Waals surface area contributed by atoms with Gasteiger partial charge in [0.05, 0.1) is 13.7 Å². The molecule has 0 saturated carbocycles. The van der Waals surface area contributed by atoms with Gasteiger partial charge in [0.15, 0.2) is 11.6 Å². The Kier molecular flexibility index (Phi) is 3.67. The topological polar surface area (TPSA) is 38.2 Å². The molecule has 6 heteroatoms. The second kappa shape index (κ2) is 5.46. The van der Waals surface area contributed by atoms with E-state index in [1.807, 2.05) is 13.0 Å². The molecule has 2 heterocycles. The Morgan fingerprint density at radius 3 is 2.90 bits per heavy atom. The van der Waals surface area contributed by atoms with Crippen LogP contribution in [-0.2, 0) is 19.5 Å². The van der Waals surface area contributed by atoms with E-state index in [1.54, 1.807) is 17.4 Å². The molecule has 3 rings (SSSR count). The van der Waals surface area contributed by atoms with E-state index in [4.69, 9.17) is 4.74 Å². The number of aryl methyl sites for hydroxylation is 1. The van der Waals surface area contributed by atoms with E-state index in [0.29, 0.717) is 5.75 Å². The fraction of sp³-hybridized carbons (Fsp3) is 0.429. The maximum absolute atomic E-state index is 13.8. The monoisotopic (exact) mass is 293 g/mol. The van der Waals surface area contributed by atoms with Crippen LogP contribution in [0.5, 0.6) is 5.75 Å². The van der Waals surface area contributed by atoms with Crippen molar-refractivity contribution in [3.8, 4) is 5.75 Å². The normalized spacial score (nSPS) is 15.2. The second-order valence-corrected chi connectivity index (χ2v) is 6.20. The van der Waals surface area contributed by atoms with Gasteiger partial charge in [0.25, 0.3) is 0 Å². The fourth-order valence-corrected chi connectivity index (χ4v) is 3.25. The lowest BCUT2D eigenvalue weighted by atomic mass is 9.99. The van der Waals surface area contributed by atoms with Crippen molar-refractivity contribution in [1.29, 1.82) is 0 Å². The Morgan fingerprint density at radius 1 is 1.35 bits per heavy atom. The summed E-state index contributed by atoms with van der Waals surface area (Å²) >= 11 is 1.61. The summed E-state index contributed by atoms with van der Waals surface area (Å²) in [5, 5.41) is 10.2. The molecular formula is C14H16FN3OS. The minimum atomic E-state index is -0.292. The molecule has 2 aromatic rings. The predicted molar refractivity (Wildman–Crippen MR) is 75.4 cm³/mol. The second-order valence-electron chi connectivity index (χ2n) is 4.93. The molecule has 0 radical (unpaired) electrons. The van der Waals surface area contributed by atoms with Gasteiger partial charge in [-0.05, 0) is 36.6 Å². The van der Waals surface area contributed by atoms with Crippen molar-refractivity contribution in [3.63, 3.8) is 0 Å². The zero-order chi connectivity index (χ0) is 14.1. The summed E-state index contributed by atoms with van der Waals surface area (Å²) in [6, 6.07) is 3.41. The van der Waals surface area contributed by atoms with Gasteiger partial charge in [-0.1, -0.05) is 0 Å². The number of halogens is 1. The maximum atomic E-state index is 13.8. The van der Waals surface area contributed by atoms with Gasteiger partial charge in [-0.2, -0.15) is 0 Å². The Bertz CT molecular complexity index is 629. The number of methoxy groups -OCH3 is 1. The van der Waals surface area contributed by atoms with Crippen molar-refractivity contribution < 1.29 is 9.13 Å². The SMILES string of the molecule is COc1cc2c(cc1F)CN(Cc1nnc(C)s1)CC2. The highest BCUT2D eigenvalue weighted by Gasteiger charge is 2.20. The summed E-state index contributed by atoms with van der Waals surface area (Å²) in [4.78, 5) is 2.27. The van der Waals surface area contributed by atoms with Gasteiger partial charge in [-0.15, -0.1) is 21.5 Å². The number of hydrogen-bond donors (Lipinski definition) is 0. The van der Waals surface area contributed by atoms with Gasteiger partial charge in [-0.3, -0.25) is 4.90 Å². The number of aromatic nitrogens is 2. The van der Waals surface area contributed by atoms with Crippen molar-refractivity contribution in [2.45, 2.75) is 26.4 Å². The van der Waals surface area contributed by atoms with E-state index < -0.39 is 0 Å². The standard InChI is InChI=1S/C14H16FN3OS/c1-9-16-17-14(20-9)8-18-4-3-10-6-13(19-2)12(15)5-11(10)7-18/h5-6H,3-4,7-8H2,1-2H3. The van der Waals surface area contributed by atoms with Crippen LogP contribution in [0.2, 0.25) is 0 Å². The zero-order valence-corrected chi connectivity index (χ0v) is 12.3. The first-order valence-electron chi connectivity index (χ1n) is 6.52. The van der Waals surface area contributed by atoms with Crippen LogP contribution in [-0.4, -0.2) is 28.8 Å². The molecule has 0 bridgehead atoms. The zero-order valence-electron chi connectivity index (χ0n) is 11.5. The van der Waals surface area contributed by atoms with Crippen LogP contribution in [0.25, 0.3) is 0 Å². The van der Waals surface area contributed by atoms with E-state index in [1.165, 1.54) is 12.7 Å². The van der Waals surface area contributed by atoms with Crippen molar-refractivity contribution in [1.82, 2.24) is 15.1 Å². The number of fused-ring (bicyclic) bond motifs is 1. The predicted octanol–water partition coefficient (Wildman–Crippen LogP) is 2.55. The van der Waals surface area contributed by atoms with Gasteiger partial charge in [-0.25, -0.2) is 4.39 Å². The molecule has 0 unspecified atom stereocenters. The van der Waals surface area contributed by atoms with Crippen molar-refractivity contribution in [2.24, 2.45) is 0 Å². The number of rotatable bonds is 3. The van der Waals surface area contributed by atoms with Crippen molar-refractivity contribution >= 4 is 11.3 Å². The van der Waals surface area contributed by atoms with Crippen LogP contribution in [0.4, 0.5) is 4.39 Å². The molecule has 0 saturated heterocycles. The average molecular weight is 293 g/mol. The van der Waals surface area contributed by atoms with E-state index >= 15 is 0 Å². The highest BCUT2D eigenvalue weighted by atomic mass is 32.1. The molecule has 106 valence electrons. The summed E-state index contributed by atoms with van der Waals surface area (Å²) in [7, 11) is 1.50. The summed E-state index contributed by atoms with van der Waals surface area (Å²) in [6.07, 6.45) is 0.907. The molecule has 0 spiro atoms. The lowest BCUT2D eigenvalue weighted by Crippen LogP contribution is -2.30. The van der Waals surface area contributed by atoms with Crippen molar-refractivity contribution in [3.05, 3.63) is 39.1 Å². The highest BCUT2D eigenvalue weighted by molar-refractivity contribution is 7.11. The molecule has 0 aliphatic carbocycles. The van der Waals surface area contributed by atoms with Crippen LogP contribution in [0.1, 0.15) is 21.1 Å². The molecular weight excluding hydrogens is 277 g/mol. The Balaban J connectivity index is 1.76. The third-order valence-corrected chi connectivity index (χ3v) is 4.32. The summed E-state index contributed by atoms with van der Waals surface area (Å²) in [5.41, 5.74) is 2.21. The van der Waals surface area contributed by atoms with Crippen LogP contribution >= 0.6 is 11.3 Å². The van der Waals surface area contributed by atoms with Crippen LogP contribution < -0.4 is 4.74 Å². The van der Waals surface area contributed by atoms with Gasteiger partial charge >= 0.3 is 0 Å². The molecule has 1 aromatic heterocycles. The minimum Gasteiger partial charge on any atom is -0.494 e. The number of nitrogens with zero attached hydrogens (tertiary/aromatic N) is 3. The van der Waals surface area contributed by atoms with Gasteiger partial charge < -0.3 is 4.74 Å². The average Bonchev–Trinajstić information content (AvgIpc) is 2.83. The molecule has 1 aliphatic heterocycles. The quantitative estimate of drug-likeness (QED) is 0.872. The molecule has 1 aromatic carbocycles. The third kappa shape index (κ3) is 2.66. The van der Waals surface area contributed by atoms with Crippen molar-refractivity contribution in [2.75, 3.05) is 13.7 Å². The van der Waals surface area contributed by atoms with Crippen LogP contribution in [0.3, 0.4) is 0 Å². The van der Waals surface area contributed by atoms with E-state index in [2.05, 4.69) is 15.1 Å². The number of ether oxygens (including phenoxy) is 1. The lowest BCUT2D eigenvalue weighted by molar-refractivity contribution is 0.243. The Labute approximate surface area is 121 Å². The first-order chi connectivity index (χ1) is 9.65. The van der Waals surface area contributed by atoms with E-state index in [-0.39, 0.29) is 5.82 Å².